The normalized spacial score (nSPS) is 20.8. The standard InChI is InChI=1S/C18H26N2O3/c1-20(2)16-5-3-4-13(12-16)6-11-17(21)19-15-9-7-14(8-10-15)18(22)23/h3-5,12,14-15H,6-11H2,1-2H3,(H,19,21)(H,22,23). The van der Waals surface area contributed by atoms with E-state index in [-0.39, 0.29) is 17.9 Å². The van der Waals surface area contributed by atoms with Crippen LogP contribution in [0.15, 0.2) is 24.3 Å². The molecule has 0 heterocycles. The SMILES string of the molecule is CN(C)c1cccc(CCC(=O)NC2CCC(C(=O)O)CC2)c1. The van der Waals surface area contributed by atoms with E-state index < -0.39 is 5.97 Å². The highest BCUT2D eigenvalue weighted by molar-refractivity contribution is 5.76. The third kappa shape index (κ3) is 5.27. The molecule has 2 N–H and O–H groups in total. The van der Waals surface area contributed by atoms with Gasteiger partial charge < -0.3 is 15.3 Å². The maximum Gasteiger partial charge on any atom is 0.306 e. The van der Waals surface area contributed by atoms with E-state index in [1.807, 2.05) is 37.2 Å². The van der Waals surface area contributed by atoms with Crippen molar-refractivity contribution in [3.63, 3.8) is 0 Å². The molecule has 0 spiro atoms. The van der Waals surface area contributed by atoms with Gasteiger partial charge in [-0.05, 0) is 49.8 Å². The van der Waals surface area contributed by atoms with Gasteiger partial charge in [0.1, 0.15) is 0 Å². The number of carboxylic acids is 1. The molecular formula is C18H26N2O3. The Bertz CT molecular complexity index is 549. The number of hydrogen-bond acceptors (Lipinski definition) is 3. The second-order valence-electron chi connectivity index (χ2n) is 6.52. The zero-order valence-corrected chi connectivity index (χ0v) is 13.9. The Morgan fingerprint density at radius 3 is 2.52 bits per heavy atom. The highest BCUT2D eigenvalue weighted by Gasteiger charge is 2.26. The van der Waals surface area contributed by atoms with Crippen molar-refractivity contribution < 1.29 is 14.7 Å². The minimum Gasteiger partial charge on any atom is -0.481 e. The molecule has 0 radical (unpaired) electrons. The van der Waals surface area contributed by atoms with E-state index in [9.17, 15) is 9.59 Å². The van der Waals surface area contributed by atoms with Crippen molar-refractivity contribution in [3.05, 3.63) is 29.8 Å². The second-order valence-corrected chi connectivity index (χ2v) is 6.52. The van der Waals surface area contributed by atoms with E-state index in [1.165, 1.54) is 0 Å². The lowest BCUT2D eigenvalue weighted by Gasteiger charge is -2.26. The summed E-state index contributed by atoms with van der Waals surface area (Å²) in [5.74, 6) is -0.897. The van der Waals surface area contributed by atoms with E-state index in [0.717, 1.165) is 30.5 Å². The monoisotopic (exact) mass is 318 g/mol. The molecule has 0 bridgehead atoms. The number of anilines is 1. The van der Waals surface area contributed by atoms with Crippen LogP contribution < -0.4 is 10.2 Å². The summed E-state index contributed by atoms with van der Waals surface area (Å²) in [7, 11) is 4.00. The molecule has 0 atom stereocenters. The number of hydrogen-bond donors (Lipinski definition) is 2. The largest absolute Gasteiger partial charge is 0.481 e. The predicted octanol–water partition coefficient (Wildman–Crippen LogP) is 2.44. The lowest BCUT2D eigenvalue weighted by Crippen LogP contribution is -2.38. The molecule has 1 aromatic carbocycles. The summed E-state index contributed by atoms with van der Waals surface area (Å²) in [6, 6.07) is 8.33. The summed E-state index contributed by atoms with van der Waals surface area (Å²) in [4.78, 5) is 25.1. The second kappa shape index (κ2) is 7.99. The van der Waals surface area contributed by atoms with Crippen molar-refractivity contribution in [2.24, 2.45) is 5.92 Å². The number of carbonyl (C=O) groups excluding carboxylic acids is 1. The van der Waals surface area contributed by atoms with Gasteiger partial charge in [0.25, 0.3) is 0 Å². The zero-order chi connectivity index (χ0) is 16.8. The Kier molecular flexibility index (Phi) is 6.02. The molecule has 1 saturated carbocycles. The fraction of sp³-hybridized carbons (Fsp3) is 0.556. The van der Waals surface area contributed by atoms with Crippen LogP contribution in [0.2, 0.25) is 0 Å². The van der Waals surface area contributed by atoms with Crippen LogP contribution in [0.1, 0.15) is 37.7 Å². The van der Waals surface area contributed by atoms with Crippen molar-refractivity contribution in [1.82, 2.24) is 5.32 Å². The van der Waals surface area contributed by atoms with Crippen molar-refractivity contribution in [2.75, 3.05) is 19.0 Å². The number of carboxylic acid groups (broad SMARTS) is 1. The third-order valence-corrected chi connectivity index (χ3v) is 4.51. The summed E-state index contributed by atoms with van der Waals surface area (Å²) in [5.41, 5.74) is 2.29. The molecule has 1 amide bonds. The van der Waals surface area contributed by atoms with Crippen LogP contribution in [0, 0.1) is 5.92 Å². The van der Waals surface area contributed by atoms with Crippen molar-refractivity contribution in [3.8, 4) is 0 Å². The van der Waals surface area contributed by atoms with Crippen molar-refractivity contribution >= 4 is 17.6 Å². The Morgan fingerprint density at radius 1 is 1.22 bits per heavy atom. The molecule has 0 saturated heterocycles. The van der Waals surface area contributed by atoms with Crippen LogP contribution in [-0.2, 0) is 16.0 Å². The first-order chi connectivity index (χ1) is 11.0. The molecule has 23 heavy (non-hydrogen) atoms. The summed E-state index contributed by atoms with van der Waals surface area (Å²) in [6.07, 6.45) is 4.03. The number of benzene rings is 1. The summed E-state index contributed by atoms with van der Waals surface area (Å²) in [5, 5.41) is 12.0. The zero-order valence-electron chi connectivity index (χ0n) is 13.9. The average molecular weight is 318 g/mol. The molecule has 0 aliphatic heterocycles. The van der Waals surface area contributed by atoms with E-state index in [4.69, 9.17) is 5.11 Å². The van der Waals surface area contributed by atoms with Crippen LogP contribution in [0.4, 0.5) is 5.69 Å². The summed E-state index contributed by atoms with van der Waals surface area (Å²) >= 11 is 0. The molecule has 1 fully saturated rings. The van der Waals surface area contributed by atoms with Gasteiger partial charge in [0, 0.05) is 32.2 Å². The topological polar surface area (TPSA) is 69.6 Å². The van der Waals surface area contributed by atoms with Gasteiger partial charge in [-0.2, -0.15) is 0 Å². The van der Waals surface area contributed by atoms with E-state index in [0.29, 0.717) is 19.3 Å². The number of nitrogens with zero attached hydrogens (tertiary/aromatic N) is 1. The van der Waals surface area contributed by atoms with E-state index >= 15 is 0 Å². The lowest BCUT2D eigenvalue weighted by molar-refractivity contribution is -0.142. The molecule has 126 valence electrons. The van der Waals surface area contributed by atoms with Gasteiger partial charge in [-0.25, -0.2) is 0 Å². The minimum atomic E-state index is -0.712. The Hall–Kier alpha value is -2.04. The number of aliphatic carboxylic acids is 1. The third-order valence-electron chi connectivity index (χ3n) is 4.51. The van der Waals surface area contributed by atoms with Crippen molar-refractivity contribution in [2.45, 2.75) is 44.6 Å². The highest BCUT2D eigenvalue weighted by Crippen LogP contribution is 2.24. The van der Waals surface area contributed by atoms with E-state index in [1.54, 1.807) is 0 Å². The molecule has 1 aliphatic rings. The maximum absolute atomic E-state index is 12.1. The van der Waals surface area contributed by atoms with Crippen LogP contribution >= 0.6 is 0 Å². The van der Waals surface area contributed by atoms with Gasteiger partial charge in [-0.15, -0.1) is 0 Å². The van der Waals surface area contributed by atoms with Gasteiger partial charge in [0.15, 0.2) is 0 Å². The molecular weight excluding hydrogens is 292 g/mol. The quantitative estimate of drug-likeness (QED) is 0.845. The predicted molar refractivity (Wildman–Crippen MR) is 90.6 cm³/mol. The van der Waals surface area contributed by atoms with Crippen LogP contribution in [0.3, 0.4) is 0 Å². The number of nitrogens with one attached hydrogen (secondary N) is 1. The van der Waals surface area contributed by atoms with E-state index in [2.05, 4.69) is 11.4 Å². The number of carbonyl (C=O) groups is 2. The smallest absolute Gasteiger partial charge is 0.306 e. The molecule has 5 heteroatoms. The lowest BCUT2D eigenvalue weighted by atomic mass is 9.86. The van der Waals surface area contributed by atoms with Gasteiger partial charge in [0.05, 0.1) is 5.92 Å². The van der Waals surface area contributed by atoms with Crippen LogP contribution in [0.25, 0.3) is 0 Å². The fourth-order valence-electron chi connectivity index (χ4n) is 3.03. The molecule has 1 aliphatic carbocycles. The number of rotatable bonds is 6. The first-order valence-corrected chi connectivity index (χ1v) is 8.24. The first-order valence-electron chi connectivity index (χ1n) is 8.24. The Morgan fingerprint density at radius 2 is 1.91 bits per heavy atom. The molecule has 0 unspecified atom stereocenters. The summed E-state index contributed by atoms with van der Waals surface area (Å²) in [6.45, 7) is 0. The number of aryl methyl sites for hydroxylation is 1. The highest BCUT2D eigenvalue weighted by atomic mass is 16.4. The maximum atomic E-state index is 12.1. The Labute approximate surface area is 137 Å². The van der Waals surface area contributed by atoms with Gasteiger partial charge in [-0.1, -0.05) is 12.1 Å². The summed E-state index contributed by atoms with van der Waals surface area (Å²) < 4.78 is 0. The average Bonchev–Trinajstić information content (AvgIpc) is 2.53. The van der Waals surface area contributed by atoms with Gasteiger partial charge in [0.2, 0.25) is 5.91 Å². The van der Waals surface area contributed by atoms with Crippen LogP contribution in [0.5, 0.6) is 0 Å². The molecule has 5 nitrogen and oxygen atoms in total. The first kappa shape index (κ1) is 17.3. The molecule has 1 aromatic rings. The fourth-order valence-corrected chi connectivity index (χ4v) is 3.03. The molecule has 0 aromatic heterocycles. The van der Waals surface area contributed by atoms with Crippen LogP contribution in [-0.4, -0.2) is 37.1 Å². The van der Waals surface area contributed by atoms with Gasteiger partial charge in [-0.3, -0.25) is 9.59 Å². The number of amides is 1. The Balaban J connectivity index is 1.75. The molecule has 2 rings (SSSR count). The minimum absolute atomic E-state index is 0.0547. The van der Waals surface area contributed by atoms with Crippen molar-refractivity contribution in [1.29, 1.82) is 0 Å². The van der Waals surface area contributed by atoms with Gasteiger partial charge >= 0.3 is 5.97 Å².